The molecule has 3 rings (SSSR count). The van der Waals surface area contributed by atoms with Gasteiger partial charge in [0.15, 0.2) is 0 Å². The van der Waals surface area contributed by atoms with Crippen molar-refractivity contribution < 1.29 is 14.3 Å². The smallest absolute Gasteiger partial charge is 0.253 e. The second kappa shape index (κ2) is 6.28. The summed E-state index contributed by atoms with van der Waals surface area (Å²) in [6.07, 6.45) is 3.50. The molecule has 112 valence electrons. The quantitative estimate of drug-likeness (QED) is 0.919. The van der Waals surface area contributed by atoms with Crippen LogP contribution in [0.1, 0.15) is 12.8 Å². The van der Waals surface area contributed by atoms with Gasteiger partial charge in [-0.3, -0.25) is 4.79 Å². The molecule has 1 aliphatic rings. The van der Waals surface area contributed by atoms with Gasteiger partial charge >= 0.3 is 0 Å². The predicted octanol–water partition coefficient (Wildman–Crippen LogP) is 2.41. The fourth-order valence-corrected chi connectivity index (χ4v) is 2.67. The Labute approximate surface area is 123 Å². The largest absolute Gasteiger partial charge is 0.383 e. The first-order valence-corrected chi connectivity index (χ1v) is 7.28. The molecule has 0 spiro atoms. The molecule has 0 saturated carbocycles. The molecule has 0 bridgehead atoms. The van der Waals surface area contributed by atoms with Gasteiger partial charge in [-0.2, -0.15) is 0 Å². The molecule has 0 aliphatic carbocycles. The van der Waals surface area contributed by atoms with E-state index in [9.17, 15) is 4.79 Å². The van der Waals surface area contributed by atoms with Gasteiger partial charge in [-0.1, -0.05) is 0 Å². The van der Waals surface area contributed by atoms with Crippen LogP contribution in [0.15, 0.2) is 30.5 Å². The Balaban J connectivity index is 1.73. The predicted molar refractivity (Wildman–Crippen MR) is 81.4 cm³/mol. The zero-order valence-corrected chi connectivity index (χ0v) is 12.2. The van der Waals surface area contributed by atoms with E-state index in [0.29, 0.717) is 13.2 Å². The van der Waals surface area contributed by atoms with Gasteiger partial charge in [0.05, 0.1) is 6.61 Å². The van der Waals surface area contributed by atoms with Crippen LogP contribution in [0.3, 0.4) is 0 Å². The van der Waals surface area contributed by atoms with E-state index in [1.165, 1.54) is 0 Å². The van der Waals surface area contributed by atoms with Crippen LogP contribution in [0.2, 0.25) is 0 Å². The van der Waals surface area contributed by atoms with E-state index in [4.69, 9.17) is 9.47 Å². The number of hydrogen-bond donors (Lipinski definition) is 1. The molecule has 1 aromatic heterocycles. The van der Waals surface area contributed by atoms with Crippen LogP contribution in [0.4, 0.5) is 5.69 Å². The third-order valence-electron chi connectivity index (χ3n) is 3.80. The van der Waals surface area contributed by atoms with Crippen molar-refractivity contribution in [3.05, 3.63) is 30.5 Å². The number of fused-ring (bicyclic) bond motifs is 1. The Kier molecular flexibility index (Phi) is 4.22. The minimum Gasteiger partial charge on any atom is -0.383 e. The van der Waals surface area contributed by atoms with E-state index in [0.717, 1.165) is 36.0 Å². The zero-order valence-electron chi connectivity index (χ0n) is 12.2. The summed E-state index contributed by atoms with van der Waals surface area (Å²) in [6.45, 7) is 2.18. The van der Waals surface area contributed by atoms with E-state index >= 15 is 0 Å². The fraction of sp³-hybridized carbons (Fsp3) is 0.438. The Hall–Kier alpha value is -1.85. The molecule has 1 aromatic carbocycles. The van der Waals surface area contributed by atoms with E-state index in [-0.39, 0.29) is 12.0 Å². The summed E-state index contributed by atoms with van der Waals surface area (Å²) in [5, 5.41) is 4.04. The Bertz CT molecular complexity index is 629. The Morgan fingerprint density at radius 2 is 2.38 bits per heavy atom. The molecule has 1 atom stereocenters. The average molecular weight is 288 g/mol. The molecule has 1 fully saturated rings. The lowest BCUT2D eigenvalue weighted by Crippen LogP contribution is -2.26. The minimum atomic E-state index is -0.299. The van der Waals surface area contributed by atoms with E-state index in [1.807, 2.05) is 30.5 Å². The van der Waals surface area contributed by atoms with Gasteiger partial charge in [-0.25, -0.2) is 0 Å². The average Bonchev–Trinajstić information content (AvgIpc) is 3.14. The maximum absolute atomic E-state index is 12.0. The van der Waals surface area contributed by atoms with Crippen molar-refractivity contribution >= 4 is 22.5 Å². The van der Waals surface area contributed by atoms with Gasteiger partial charge in [-0.15, -0.1) is 0 Å². The summed E-state index contributed by atoms with van der Waals surface area (Å²) in [5.41, 5.74) is 1.95. The summed E-state index contributed by atoms with van der Waals surface area (Å²) in [4.78, 5) is 12.0. The highest BCUT2D eigenvalue weighted by Crippen LogP contribution is 2.22. The van der Waals surface area contributed by atoms with Crippen LogP contribution in [0, 0.1) is 0 Å². The lowest BCUT2D eigenvalue weighted by molar-refractivity contribution is -0.124. The summed E-state index contributed by atoms with van der Waals surface area (Å²) in [7, 11) is 1.70. The van der Waals surface area contributed by atoms with E-state index < -0.39 is 0 Å². The van der Waals surface area contributed by atoms with Gasteiger partial charge < -0.3 is 19.4 Å². The number of rotatable bonds is 5. The van der Waals surface area contributed by atoms with Crippen molar-refractivity contribution in [2.45, 2.75) is 25.5 Å². The summed E-state index contributed by atoms with van der Waals surface area (Å²) >= 11 is 0. The van der Waals surface area contributed by atoms with Crippen LogP contribution < -0.4 is 5.32 Å². The van der Waals surface area contributed by atoms with Gasteiger partial charge in [0.2, 0.25) is 0 Å². The molecule has 2 aromatic rings. The lowest BCUT2D eigenvalue weighted by atomic mass is 10.2. The number of aromatic nitrogens is 1. The normalized spacial score (nSPS) is 18.2. The highest BCUT2D eigenvalue weighted by molar-refractivity contribution is 5.96. The molecule has 1 N–H and O–H groups in total. The SMILES string of the molecule is COCCn1ccc2cc(NC(=O)[C@H]3CCCO3)ccc21. The topological polar surface area (TPSA) is 52.5 Å². The second-order valence-corrected chi connectivity index (χ2v) is 5.27. The number of carbonyl (C=O) groups excluding carboxylic acids is 1. The van der Waals surface area contributed by atoms with Crippen molar-refractivity contribution in [1.82, 2.24) is 4.57 Å². The van der Waals surface area contributed by atoms with Crippen LogP contribution in [0.5, 0.6) is 0 Å². The zero-order chi connectivity index (χ0) is 14.7. The van der Waals surface area contributed by atoms with Crippen molar-refractivity contribution in [2.24, 2.45) is 0 Å². The first-order chi connectivity index (χ1) is 10.3. The molecule has 2 heterocycles. The number of carbonyl (C=O) groups is 1. The molecule has 5 nitrogen and oxygen atoms in total. The first-order valence-electron chi connectivity index (χ1n) is 7.28. The number of benzene rings is 1. The minimum absolute atomic E-state index is 0.0503. The van der Waals surface area contributed by atoms with Gasteiger partial charge in [-0.05, 0) is 37.1 Å². The first kappa shape index (κ1) is 14.1. The summed E-state index contributed by atoms with van der Waals surface area (Å²) in [6, 6.07) is 7.99. The molecule has 0 radical (unpaired) electrons. The molecular weight excluding hydrogens is 268 g/mol. The monoisotopic (exact) mass is 288 g/mol. The Morgan fingerprint density at radius 1 is 1.48 bits per heavy atom. The van der Waals surface area contributed by atoms with Crippen LogP contribution in [-0.2, 0) is 20.8 Å². The number of anilines is 1. The lowest BCUT2D eigenvalue weighted by Gasteiger charge is -2.11. The summed E-state index contributed by atoms with van der Waals surface area (Å²) in [5.74, 6) is -0.0503. The van der Waals surface area contributed by atoms with Gasteiger partial charge in [0.25, 0.3) is 5.91 Å². The molecule has 21 heavy (non-hydrogen) atoms. The van der Waals surface area contributed by atoms with Crippen molar-refractivity contribution in [3.63, 3.8) is 0 Å². The standard InChI is InChI=1S/C16H20N2O3/c1-20-10-8-18-7-6-12-11-13(4-5-14(12)18)17-16(19)15-3-2-9-21-15/h4-7,11,15H,2-3,8-10H2,1H3,(H,17,19)/t15-/m1/s1. The number of ether oxygens (including phenoxy) is 2. The molecule has 1 aliphatic heterocycles. The number of hydrogen-bond acceptors (Lipinski definition) is 3. The third-order valence-corrected chi connectivity index (χ3v) is 3.80. The maximum Gasteiger partial charge on any atom is 0.253 e. The number of amides is 1. The molecule has 1 saturated heterocycles. The second-order valence-electron chi connectivity index (χ2n) is 5.27. The van der Waals surface area contributed by atoms with Crippen molar-refractivity contribution in [3.8, 4) is 0 Å². The number of nitrogens with zero attached hydrogens (tertiary/aromatic N) is 1. The maximum atomic E-state index is 12.0. The summed E-state index contributed by atoms with van der Waals surface area (Å²) < 4.78 is 12.6. The van der Waals surface area contributed by atoms with Crippen LogP contribution >= 0.6 is 0 Å². The molecule has 0 unspecified atom stereocenters. The van der Waals surface area contributed by atoms with Crippen LogP contribution in [-0.4, -0.2) is 36.9 Å². The number of methoxy groups -OCH3 is 1. The fourth-order valence-electron chi connectivity index (χ4n) is 2.67. The molecule has 1 amide bonds. The van der Waals surface area contributed by atoms with Crippen LogP contribution in [0.25, 0.3) is 10.9 Å². The number of nitrogens with one attached hydrogen (secondary N) is 1. The van der Waals surface area contributed by atoms with Gasteiger partial charge in [0.1, 0.15) is 6.10 Å². The molecule has 5 heteroatoms. The van der Waals surface area contributed by atoms with Crippen molar-refractivity contribution in [2.75, 3.05) is 25.6 Å². The highest BCUT2D eigenvalue weighted by atomic mass is 16.5. The Morgan fingerprint density at radius 3 is 3.14 bits per heavy atom. The van der Waals surface area contributed by atoms with Crippen molar-refractivity contribution in [1.29, 1.82) is 0 Å². The van der Waals surface area contributed by atoms with E-state index in [2.05, 4.69) is 9.88 Å². The molecular formula is C16H20N2O3. The van der Waals surface area contributed by atoms with Gasteiger partial charge in [0, 0.05) is 43.0 Å². The highest BCUT2D eigenvalue weighted by Gasteiger charge is 2.23. The third kappa shape index (κ3) is 3.09. The van der Waals surface area contributed by atoms with E-state index in [1.54, 1.807) is 7.11 Å².